The SMILES string of the molecule is CCn1c(SC(C(=O)N2CCC(NC=O)C2)c2ccccc2)nc2cc3ccccc3cc2c1=O. The number of fused-ring (bicyclic) bond motifs is 2. The van der Waals surface area contributed by atoms with Crippen molar-refractivity contribution in [2.24, 2.45) is 0 Å². The normalized spacial score (nSPS) is 16.5. The van der Waals surface area contributed by atoms with Crippen molar-refractivity contribution in [2.75, 3.05) is 13.1 Å². The number of carbonyl (C=O) groups is 2. The first-order valence-corrected chi connectivity index (χ1v) is 12.6. The summed E-state index contributed by atoms with van der Waals surface area (Å²) >= 11 is 1.31. The third-order valence-corrected chi connectivity index (χ3v) is 7.69. The Morgan fingerprint density at radius 3 is 2.57 bits per heavy atom. The Kier molecular flexibility index (Phi) is 6.55. The van der Waals surface area contributed by atoms with Crippen LogP contribution in [0.1, 0.15) is 24.2 Å². The summed E-state index contributed by atoms with van der Waals surface area (Å²) in [4.78, 5) is 44.7. The molecule has 0 bridgehead atoms. The van der Waals surface area contributed by atoms with Crippen LogP contribution >= 0.6 is 11.8 Å². The van der Waals surface area contributed by atoms with Gasteiger partial charge in [-0.15, -0.1) is 0 Å². The zero-order chi connectivity index (χ0) is 24.4. The van der Waals surface area contributed by atoms with Crippen LogP contribution in [0.25, 0.3) is 21.7 Å². The molecule has 1 aromatic heterocycles. The Morgan fingerprint density at radius 1 is 1.14 bits per heavy atom. The highest BCUT2D eigenvalue weighted by Gasteiger charge is 2.33. The van der Waals surface area contributed by atoms with Gasteiger partial charge in [0.15, 0.2) is 5.16 Å². The lowest BCUT2D eigenvalue weighted by molar-refractivity contribution is -0.129. The molecule has 5 rings (SSSR count). The molecule has 7 nitrogen and oxygen atoms in total. The molecule has 0 spiro atoms. The fourth-order valence-electron chi connectivity index (χ4n) is 4.61. The van der Waals surface area contributed by atoms with Crippen molar-refractivity contribution in [3.63, 3.8) is 0 Å². The minimum atomic E-state index is -0.561. The van der Waals surface area contributed by atoms with Crippen molar-refractivity contribution >= 4 is 45.8 Å². The van der Waals surface area contributed by atoms with Crippen molar-refractivity contribution in [3.8, 4) is 0 Å². The predicted molar refractivity (Wildman–Crippen MR) is 138 cm³/mol. The van der Waals surface area contributed by atoms with E-state index in [9.17, 15) is 14.4 Å². The van der Waals surface area contributed by atoms with Gasteiger partial charge >= 0.3 is 0 Å². The standard InChI is InChI=1S/C27H26N4O3S/c1-2-31-25(33)22-14-19-10-6-7-11-20(19)15-23(22)29-27(31)35-24(18-8-4-3-5-9-18)26(34)30-13-12-21(16-30)28-17-32/h3-11,14-15,17,21,24H,2,12-13,16H2,1H3,(H,28,32). The van der Waals surface area contributed by atoms with Crippen molar-refractivity contribution in [1.29, 1.82) is 0 Å². The Morgan fingerprint density at radius 2 is 1.86 bits per heavy atom. The maximum absolute atomic E-state index is 13.7. The van der Waals surface area contributed by atoms with Crippen LogP contribution in [-0.2, 0) is 16.1 Å². The lowest BCUT2D eigenvalue weighted by Gasteiger charge is -2.24. The Hall–Kier alpha value is -3.65. The van der Waals surface area contributed by atoms with E-state index in [0.29, 0.717) is 42.1 Å². The number of hydrogen-bond acceptors (Lipinski definition) is 5. The first kappa shape index (κ1) is 23.1. The second kappa shape index (κ2) is 9.92. The number of rotatable bonds is 7. The zero-order valence-electron chi connectivity index (χ0n) is 19.4. The molecule has 178 valence electrons. The van der Waals surface area contributed by atoms with E-state index in [2.05, 4.69) is 5.32 Å². The van der Waals surface area contributed by atoms with E-state index in [-0.39, 0.29) is 17.5 Å². The highest BCUT2D eigenvalue weighted by molar-refractivity contribution is 8.00. The van der Waals surface area contributed by atoms with Crippen LogP contribution in [0.3, 0.4) is 0 Å². The summed E-state index contributed by atoms with van der Waals surface area (Å²) in [6.07, 6.45) is 1.41. The zero-order valence-corrected chi connectivity index (χ0v) is 20.2. The van der Waals surface area contributed by atoms with E-state index >= 15 is 0 Å². The number of likely N-dealkylation sites (tertiary alicyclic amines) is 1. The number of amides is 2. The fraction of sp³-hybridized carbons (Fsp3) is 0.259. The molecule has 1 N–H and O–H groups in total. The van der Waals surface area contributed by atoms with Crippen LogP contribution in [0, 0.1) is 0 Å². The summed E-state index contributed by atoms with van der Waals surface area (Å²) in [7, 11) is 0. The van der Waals surface area contributed by atoms with Crippen LogP contribution in [0.15, 0.2) is 76.7 Å². The number of aromatic nitrogens is 2. The smallest absolute Gasteiger partial charge is 0.262 e. The molecule has 2 amide bonds. The molecule has 0 saturated carbocycles. The van der Waals surface area contributed by atoms with Gasteiger partial charge in [-0.05, 0) is 41.8 Å². The summed E-state index contributed by atoms with van der Waals surface area (Å²) < 4.78 is 1.64. The van der Waals surface area contributed by atoms with Crippen LogP contribution < -0.4 is 10.9 Å². The van der Waals surface area contributed by atoms with E-state index in [0.717, 1.165) is 22.8 Å². The average molecular weight is 487 g/mol. The van der Waals surface area contributed by atoms with Crippen molar-refractivity contribution < 1.29 is 9.59 Å². The van der Waals surface area contributed by atoms with E-state index in [1.807, 2.05) is 73.7 Å². The summed E-state index contributed by atoms with van der Waals surface area (Å²) in [5, 5.41) is 5.31. The van der Waals surface area contributed by atoms with Crippen molar-refractivity contribution in [1.82, 2.24) is 19.8 Å². The van der Waals surface area contributed by atoms with Crippen LogP contribution in [-0.4, -0.2) is 45.9 Å². The number of benzene rings is 3. The monoisotopic (exact) mass is 486 g/mol. The second-order valence-corrected chi connectivity index (χ2v) is 9.70. The third kappa shape index (κ3) is 4.53. The Bertz CT molecular complexity index is 1450. The number of carbonyl (C=O) groups excluding carboxylic acids is 2. The fourth-order valence-corrected chi connectivity index (χ4v) is 5.85. The first-order chi connectivity index (χ1) is 17.1. The molecule has 35 heavy (non-hydrogen) atoms. The molecule has 0 aliphatic carbocycles. The van der Waals surface area contributed by atoms with Crippen LogP contribution in [0.5, 0.6) is 0 Å². The molecule has 1 aliphatic heterocycles. The lowest BCUT2D eigenvalue weighted by Crippen LogP contribution is -2.36. The van der Waals surface area contributed by atoms with Crippen LogP contribution in [0.2, 0.25) is 0 Å². The lowest BCUT2D eigenvalue weighted by atomic mass is 10.1. The molecule has 2 atom stereocenters. The first-order valence-electron chi connectivity index (χ1n) is 11.7. The molecule has 1 fully saturated rings. The highest BCUT2D eigenvalue weighted by Crippen LogP contribution is 2.37. The number of nitrogens with zero attached hydrogens (tertiary/aromatic N) is 3. The maximum atomic E-state index is 13.7. The van der Waals surface area contributed by atoms with Crippen molar-refractivity contribution in [3.05, 3.63) is 82.6 Å². The molecular weight excluding hydrogens is 460 g/mol. The molecule has 1 aliphatic rings. The molecule has 2 unspecified atom stereocenters. The van der Waals surface area contributed by atoms with Gasteiger partial charge in [-0.3, -0.25) is 19.0 Å². The number of nitrogens with one attached hydrogen (secondary N) is 1. The maximum Gasteiger partial charge on any atom is 0.262 e. The van der Waals surface area contributed by atoms with Gasteiger partial charge in [0.2, 0.25) is 12.3 Å². The van der Waals surface area contributed by atoms with Gasteiger partial charge in [-0.2, -0.15) is 0 Å². The average Bonchev–Trinajstić information content (AvgIpc) is 3.35. The Labute approximate surface area is 207 Å². The van der Waals surface area contributed by atoms with Gasteiger partial charge in [0.05, 0.1) is 10.9 Å². The molecule has 1 saturated heterocycles. The van der Waals surface area contributed by atoms with Gasteiger partial charge in [-0.1, -0.05) is 66.4 Å². The van der Waals surface area contributed by atoms with E-state index in [1.165, 1.54) is 11.8 Å². The van der Waals surface area contributed by atoms with Gasteiger partial charge in [-0.25, -0.2) is 4.98 Å². The molecule has 4 aromatic rings. The minimum Gasteiger partial charge on any atom is -0.354 e. The van der Waals surface area contributed by atoms with Gasteiger partial charge in [0.1, 0.15) is 5.25 Å². The van der Waals surface area contributed by atoms with Crippen molar-refractivity contribution in [2.45, 2.75) is 36.3 Å². The largest absolute Gasteiger partial charge is 0.354 e. The highest BCUT2D eigenvalue weighted by atomic mass is 32.2. The minimum absolute atomic E-state index is 0.0428. The van der Waals surface area contributed by atoms with E-state index in [4.69, 9.17) is 4.98 Å². The van der Waals surface area contributed by atoms with Gasteiger partial charge in [0, 0.05) is 25.7 Å². The van der Waals surface area contributed by atoms with Crippen LogP contribution in [0.4, 0.5) is 0 Å². The topological polar surface area (TPSA) is 84.3 Å². The van der Waals surface area contributed by atoms with E-state index < -0.39 is 5.25 Å². The summed E-state index contributed by atoms with van der Waals surface area (Å²) in [5.41, 5.74) is 1.36. The van der Waals surface area contributed by atoms with E-state index in [1.54, 1.807) is 9.47 Å². The summed E-state index contributed by atoms with van der Waals surface area (Å²) in [5.74, 6) is -0.0492. The summed E-state index contributed by atoms with van der Waals surface area (Å²) in [6, 6.07) is 21.3. The predicted octanol–water partition coefficient (Wildman–Crippen LogP) is 3.75. The summed E-state index contributed by atoms with van der Waals surface area (Å²) in [6.45, 7) is 3.41. The molecular formula is C27H26N4O3S. The van der Waals surface area contributed by atoms with Gasteiger partial charge in [0.25, 0.3) is 5.56 Å². The molecule has 3 aromatic carbocycles. The third-order valence-electron chi connectivity index (χ3n) is 6.46. The molecule has 2 heterocycles. The Balaban J connectivity index is 1.57. The van der Waals surface area contributed by atoms with Gasteiger partial charge < -0.3 is 10.2 Å². The second-order valence-electron chi connectivity index (χ2n) is 8.62. The quantitative estimate of drug-likeness (QED) is 0.186. The molecule has 8 heteroatoms. The molecule has 0 radical (unpaired) electrons. The number of thioether (sulfide) groups is 1. The number of hydrogen-bond donors (Lipinski definition) is 1.